The maximum atomic E-state index is 2.41. The number of rotatable bonds is 0. The van der Waals surface area contributed by atoms with Crippen molar-refractivity contribution in [2.75, 3.05) is 0 Å². The van der Waals surface area contributed by atoms with Gasteiger partial charge in [-0.2, -0.15) is 0 Å². The first kappa shape index (κ1) is 16.0. The molecule has 138 valence electrons. The Morgan fingerprint density at radius 1 is 0.267 bits per heavy atom. The summed E-state index contributed by atoms with van der Waals surface area (Å²) in [5.74, 6) is 0. The molecule has 0 saturated carbocycles. The van der Waals surface area contributed by atoms with Crippen LogP contribution in [0, 0.1) is 0 Å². The minimum absolute atomic E-state index is 1.29. The van der Waals surface area contributed by atoms with Crippen molar-refractivity contribution in [3.63, 3.8) is 0 Å². The van der Waals surface area contributed by atoms with E-state index < -0.39 is 0 Å². The van der Waals surface area contributed by atoms with Gasteiger partial charge in [0.15, 0.2) is 0 Å². The van der Waals surface area contributed by atoms with Crippen LogP contribution in [0.4, 0.5) is 0 Å². The van der Waals surface area contributed by atoms with Crippen LogP contribution < -0.4 is 0 Å². The quantitative estimate of drug-likeness (QED) is 0.183. The largest absolute Gasteiger partial charge is 0.0616 e. The lowest BCUT2D eigenvalue weighted by Gasteiger charge is -2.14. The molecule has 0 aliphatic rings. The molecule has 0 aliphatic carbocycles. The van der Waals surface area contributed by atoms with Gasteiger partial charge in [-0.05, 0) is 76.8 Å². The molecule has 0 nitrogen and oxygen atoms in total. The van der Waals surface area contributed by atoms with E-state index in [9.17, 15) is 0 Å². The van der Waals surface area contributed by atoms with E-state index in [0.29, 0.717) is 0 Å². The third kappa shape index (κ3) is 2.06. The molecule has 0 saturated heterocycles. The second-order valence-electron chi connectivity index (χ2n) is 8.16. The number of benzene rings is 7. The van der Waals surface area contributed by atoms with Crippen molar-refractivity contribution < 1.29 is 0 Å². The minimum Gasteiger partial charge on any atom is -0.0616 e. The normalized spacial score (nSPS) is 12.0. The second-order valence-corrected chi connectivity index (χ2v) is 8.16. The number of fused-ring (bicyclic) bond motifs is 11. The van der Waals surface area contributed by atoms with Crippen molar-refractivity contribution >= 4 is 64.6 Å². The van der Waals surface area contributed by atoms with E-state index >= 15 is 0 Å². The van der Waals surface area contributed by atoms with E-state index in [2.05, 4.69) is 109 Å². The van der Waals surface area contributed by atoms with Crippen LogP contribution in [0.3, 0.4) is 0 Å². The van der Waals surface area contributed by atoms with E-state index in [-0.39, 0.29) is 0 Å². The number of hydrogen-bond acceptors (Lipinski definition) is 0. The van der Waals surface area contributed by atoms with Crippen molar-refractivity contribution in [3.8, 4) is 0 Å². The van der Waals surface area contributed by atoms with Crippen LogP contribution >= 0.6 is 0 Å². The average Bonchev–Trinajstić information content (AvgIpc) is 2.82. The van der Waals surface area contributed by atoms with Gasteiger partial charge in [-0.3, -0.25) is 0 Å². The topological polar surface area (TPSA) is 0 Å². The van der Waals surface area contributed by atoms with Crippen LogP contribution in [0.25, 0.3) is 64.6 Å². The van der Waals surface area contributed by atoms with E-state index in [0.717, 1.165) is 0 Å². The molecular formula is C30H18. The molecule has 30 heavy (non-hydrogen) atoms. The fourth-order valence-electron chi connectivity index (χ4n) is 5.22. The molecule has 7 aromatic carbocycles. The highest BCUT2D eigenvalue weighted by Crippen LogP contribution is 2.41. The molecule has 0 atom stereocenters. The van der Waals surface area contributed by atoms with Gasteiger partial charge in [0.25, 0.3) is 0 Å². The lowest BCUT2D eigenvalue weighted by molar-refractivity contribution is 1.78. The van der Waals surface area contributed by atoms with Gasteiger partial charge in [-0.15, -0.1) is 0 Å². The first-order chi connectivity index (χ1) is 14.9. The fourth-order valence-corrected chi connectivity index (χ4v) is 5.22. The van der Waals surface area contributed by atoms with Crippen molar-refractivity contribution in [3.05, 3.63) is 109 Å². The first-order valence-electron chi connectivity index (χ1n) is 10.5. The molecule has 0 fully saturated rings. The Labute approximate surface area is 174 Å². The van der Waals surface area contributed by atoms with Gasteiger partial charge < -0.3 is 0 Å². The van der Waals surface area contributed by atoms with Gasteiger partial charge in [0.2, 0.25) is 0 Å². The summed E-state index contributed by atoms with van der Waals surface area (Å²) >= 11 is 0. The minimum atomic E-state index is 1.29. The van der Waals surface area contributed by atoms with E-state index in [1.54, 1.807) is 0 Å². The van der Waals surface area contributed by atoms with Crippen molar-refractivity contribution in [1.82, 2.24) is 0 Å². The summed E-state index contributed by atoms with van der Waals surface area (Å²) in [6, 6.07) is 40.1. The van der Waals surface area contributed by atoms with Crippen LogP contribution in [0.5, 0.6) is 0 Å². The molecule has 0 aliphatic heterocycles. The van der Waals surface area contributed by atoms with E-state index in [1.165, 1.54) is 64.6 Å². The van der Waals surface area contributed by atoms with Crippen LogP contribution in [0.1, 0.15) is 0 Å². The Kier molecular flexibility index (Phi) is 3.09. The first-order valence-corrected chi connectivity index (χ1v) is 10.5. The molecule has 7 rings (SSSR count). The molecule has 0 bridgehead atoms. The van der Waals surface area contributed by atoms with Gasteiger partial charge in [-0.25, -0.2) is 0 Å². The molecule has 0 spiro atoms. The second kappa shape index (κ2) is 5.81. The molecule has 7 aromatic rings. The lowest BCUT2D eigenvalue weighted by atomic mass is 9.89. The average molecular weight is 378 g/mol. The summed E-state index contributed by atoms with van der Waals surface area (Å²) in [6.07, 6.45) is 0. The van der Waals surface area contributed by atoms with E-state index in [1.807, 2.05) is 0 Å². The Morgan fingerprint density at radius 2 is 0.833 bits per heavy atom. The van der Waals surface area contributed by atoms with Gasteiger partial charge in [-0.1, -0.05) is 97.1 Å². The Balaban J connectivity index is 1.83. The Hall–Kier alpha value is -3.90. The molecule has 0 N–H and O–H groups in total. The third-order valence-electron chi connectivity index (χ3n) is 6.59. The number of hydrogen-bond donors (Lipinski definition) is 0. The molecule has 0 radical (unpaired) electrons. The van der Waals surface area contributed by atoms with Crippen LogP contribution in [0.2, 0.25) is 0 Å². The summed E-state index contributed by atoms with van der Waals surface area (Å²) in [6.45, 7) is 0. The smallest absolute Gasteiger partial charge is 0.00201 e. The van der Waals surface area contributed by atoms with E-state index in [4.69, 9.17) is 0 Å². The van der Waals surface area contributed by atoms with Crippen molar-refractivity contribution in [2.24, 2.45) is 0 Å². The third-order valence-corrected chi connectivity index (χ3v) is 6.59. The van der Waals surface area contributed by atoms with Gasteiger partial charge in [0.05, 0.1) is 0 Å². The van der Waals surface area contributed by atoms with Crippen LogP contribution in [0.15, 0.2) is 109 Å². The maximum Gasteiger partial charge on any atom is -0.00201 e. The summed E-state index contributed by atoms with van der Waals surface area (Å²) in [5, 5.41) is 15.9. The Morgan fingerprint density at radius 3 is 1.63 bits per heavy atom. The lowest BCUT2D eigenvalue weighted by Crippen LogP contribution is -1.86. The summed E-state index contributed by atoms with van der Waals surface area (Å²) in [4.78, 5) is 0. The van der Waals surface area contributed by atoms with Crippen LogP contribution in [-0.4, -0.2) is 0 Å². The predicted molar refractivity (Wildman–Crippen MR) is 131 cm³/mol. The summed E-state index contributed by atoms with van der Waals surface area (Å²) in [7, 11) is 0. The molecule has 0 aromatic heterocycles. The highest BCUT2D eigenvalue weighted by molar-refractivity contribution is 6.33. The summed E-state index contributed by atoms with van der Waals surface area (Å²) < 4.78 is 0. The molecule has 0 amide bonds. The highest BCUT2D eigenvalue weighted by Gasteiger charge is 2.13. The zero-order valence-corrected chi connectivity index (χ0v) is 16.4. The van der Waals surface area contributed by atoms with Gasteiger partial charge in [0.1, 0.15) is 0 Å². The highest BCUT2D eigenvalue weighted by atomic mass is 14.2. The summed E-state index contributed by atoms with van der Waals surface area (Å²) in [5.41, 5.74) is 0. The SMILES string of the molecule is c1ccc2c(c1)ccc1cc3c(cc12)c1ccccc1c1ccc2ccccc2c13. The molecule has 0 unspecified atom stereocenters. The van der Waals surface area contributed by atoms with Crippen LogP contribution in [-0.2, 0) is 0 Å². The zero-order chi connectivity index (χ0) is 19.7. The maximum absolute atomic E-state index is 2.41. The fraction of sp³-hybridized carbons (Fsp3) is 0. The predicted octanol–water partition coefficient (Wildman–Crippen LogP) is 8.61. The zero-order valence-electron chi connectivity index (χ0n) is 16.4. The Bertz CT molecular complexity index is 1790. The standard InChI is InChI=1S/C30H18/c1-3-9-22-19(7-1)13-14-21-17-29-28(18-27(21)22)25-12-6-5-11-24(25)26-16-15-20-8-2-4-10-23(20)30(26)29/h1-18H. The van der Waals surface area contributed by atoms with Gasteiger partial charge in [0, 0.05) is 0 Å². The van der Waals surface area contributed by atoms with Crippen molar-refractivity contribution in [1.29, 1.82) is 0 Å². The molecule has 0 heteroatoms. The molecule has 0 heterocycles. The monoisotopic (exact) mass is 378 g/mol. The van der Waals surface area contributed by atoms with Crippen molar-refractivity contribution in [2.45, 2.75) is 0 Å². The molecular weight excluding hydrogens is 360 g/mol. The van der Waals surface area contributed by atoms with Gasteiger partial charge >= 0.3 is 0 Å².